The molecule has 0 aliphatic rings. The van der Waals surface area contributed by atoms with E-state index in [2.05, 4.69) is 0 Å². The van der Waals surface area contributed by atoms with Crippen LogP contribution in [0.25, 0.3) is 0 Å². The molecule has 0 aliphatic carbocycles. The first-order chi connectivity index (χ1) is 14.0. The molecule has 0 spiro atoms. The SMILES string of the molecule is COc1cc(C(=O)O)c([N+](=O)[O-])c(Cc2ccccc2)c1OCc1ccccc1. The van der Waals surface area contributed by atoms with Gasteiger partial charge < -0.3 is 14.6 Å². The zero-order valence-corrected chi connectivity index (χ0v) is 15.7. The lowest BCUT2D eigenvalue weighted by Crippen LogP contribution is -2.10. The van der Waals surface area contributed by atoms with Gasteiger partial charge in [-0.15, -0.1) is 0 Å². The molecule has 29 heavy (non-hydrogen) atoms. The Morgan fingerprint density at radius 1 is 1.03 bits per heavy atom. The third-order valence-corrected chi connectivity index (χ3v) is 4.40. The van der Waals surface area contributed by atoms with Gasteiger partial charge in [0.05, 0.1) is 17.6 Å². The van der Waals surface area contributed by atoms with Gasteiger partial charge in [0, 0.05) is 12.5 Å². The number of carboxylic acids is 1. The monoisotopic (exact) mass is 393 g/mol. The van der Waals surface area contributed by atoms with Crippen molar-refractivity contribution in [2.75, 3.05) is 7.11 Å². The van der Waals surface area contributed by atoms with Gasteiger partial charge in [-0.3, -0.25) is 10.1 Å². The fraction of sp³-hybridized carbons (Fsp3) is 0.136. The van der Waals surface area contributed by atoms with Crippen LogP contribution in [0.2, 0.25) is 0 Å². The lowest BCUT2D eigenvalue weighted by atomic mass is 9.98. The molecule has 0 aromatic heterocycles. The molecular formula is C22H19NO6. The van der Waals surface area contributed by atoms with Gasteiger partial charge in [-0.25, -0.2) is 4.79 Å². The molecule has 3 aromatic rings. The number of aromatic carboxylic acids is 1. The van der Waals surface area contributed by atoms with E-state index in [1.807, 2.05) is 60.7 Å². The average Bonchev–Trinajstić information content (AvgIpc) is 2.73. The molecule has 0 radical (unpaired) electrons. The van der Waals surface area contributed by atoms with Crippen LogP contribution in [-0.4, -0.2) is 23.1 Å². The molecule has 0 saturated carbocycles. The molecule has 0 amide bonds. The molecule has 148 valence electrons. The maximum atomic E-state index is 11.8. The summed E-state index contributed by atoms with van der Waals surface area (Å²) in [6.45, 7) is 0.155. The van der Waals surface area contributed by atoms with E-state index in [0.717, 1.165) is 17.2 Å². The van der Waals surface area contributed by atoms with E-state index < -0.39 is 22.1 Å². The van der Waals surface area contributed by atoms with Crippen molar-refractivity contribution in [1.82, 2.24) is 0 Å². The van der Waals surface area contributed by atoms with Gasteiger partial charge in [-0.05, 0) is 11.1 Å². The quantitative estimate of drug-likeness (QED) is 0.448. The van der Waals surface area contributed by atoms with E-state index in [1.165, 1.54) is 7.11 Å². The first-order valence-electron chi connectivity index (χ1n) is 8.83. The van der Waals surface area contributed by atoms with Crippen LogP contribution in [0.3, 0.4) is 0 Å². The van der Waals surface area contributed by atoms with Crippen molar-refractivity contribution < 1.29 is 24.3 Å². The highest BCUT2D eigenvalue weighted by Crippen LogP contribution is 2.42. The van der Waals surface area contributed by atoms with Crippen LogP contribution in [0, 0.1) is 10.1 Å². The van der Waals surface area contributed by atoms with Gasteiger partial charge in [0.2, 0.25) is 0 Å². The van der Waals surface area contributed by atoms with Crippen LogP contribution in [0.1, 0.15) is 27.0 Å². The smallest absolute Gasteiger partial charge is 0.342 e. The molecule has 0 fully saturated rings. The van der Waals surface area contributed by atoms with Crippen LogP contribution in [0.5, 0.6) is 11.5 Å². The Balaban J connectivity index is 2.16. The van der Waals surface area contributed by atoms with Gasteiger partial charge in [0.15, 0.2) is 11.5 Å². The second kappa shape index (κ2) is 8.88. The summed E-state index contributed by atoms with van der Waals surface area (Å²) in [5.74, 6) is -1.11. The minimum Gasteiger partial charge on any atom is -0.493 e. The number of benzene rings is 3. The van der Waals surface area contributed by atoms with Crippen molar-refractivity contribution in [3.8, 4) is 11.5 Å². The van der Waals surface area contributed by atoms with Crippen LogP contribution in [-0.2, 0) is 13.0 Å². The summed E-state index contributed by atoms with van der Waals surface area (Å²) in [6.07, 6.45) is 0.124. The van der Waals surface area contributed by atoms with Crippen molar-refractivity contribution in [2.24, 2.45) is 0 Å². The predicted molar refractivity (Wildman–Crippen MR) is 107 cm³/mol. The molecule has 0 unspecified atom stereocenters. The summed E-state index contributed by atoms with van der Waals surface area (Å²) in [5, 5.41) is 21.3. The largest absolute Gasteiger partial charge is 0.493 e. The molecule has 0 saturated heterocycles. The Labute approximate surface area is 167 Å². The number of carbonyl (C=O) groups is 1. The fourth-order valence-corrected chi connectivity index (χ4v) is 3.06. The van der Waals surface area contributed by atoms with E-state index in [4.69, 9.17) is 9.47 Å². The van der Waals surface area contributed by atoms with E-state index >= 15 is 0 Å². The number of nitrogens with zero attached hydrogens (tertiary/aromatic N) is 1. The maximum absolute atomic E-state index is 11.8. The molecule has 0 bridgehead atoms. The van der Waals surface area contributed by atoms with Gasteiger partial charge in [0.25, 0.3) is 5.69 Å². The Kier molecular flexibility index (Phi) is 6.09. The second-order valence-electron chi connectivity index (χ2n) is 6.28. The summed E-state index contributed by atoms with van der Waals surface area (Å²) < 4.78 is 11.2. The first kappa shape index (κ1) is 19.9. The van der Waals surface area contributed by atoms with Crippen molar-refractivity contribution in [3.63, 3.8) is 0 Å². The number of nitro benzene ring substituents is 1. The molecule has 0 aliphatic heterocycles. The third kappa shape index (κ3) is 4.52. The summed E-state index contributed by atoms with van der Waals surface area (Å²) in [7, 11) is 1.37. The highest BCUT2D eigenvalue weighted by Gasteiger charge is 2.31. The number of ether oxygens (including phenoxy) is 2. The molecule has 7 nitrogen and oxygen atoms in total. The van der Waals surface area contributed by atoms with Gasteiger partial charge in [-0.1, -0.05) is 60.7 Å². The van der Waals surface area contributed by atoms with Crippen LogP contribution in [0.15, 0.2) is 66.7 Å². The lowest BCUT2D eigenvalue weighted by molar-refractivity contribution is -0.385. The number of rotatable bonds is 8. The van der Waals surface area contributed by atoms with E-state index in [0.29, 0.717) is 0 Å². The van der Waals surface area contributed by atoms with Crippen LogP contribution < -0.4 is 9.47 Å². The number of methoxy groups -OCH3 is 1. The standard InChI is InChI=1S/C22H19NO6/c1-28-19-13-18(22(24)25)20(23(26)27)17(12-15-8-4-2-5-9-15)21(19)29-14-16-10-6-3-7-11-16/h2-11,13H,12,14H2,1H3,(H,24,25). The average molecular weight is 393 g/mol. The molecule has 7 heteroatoms. The number of hydrogen-bond donors (Lipinski definition) is 1. The Morgan fingerprint density at radius 2 is 1.62 bits per heavy atom. The summed E-state index contributed by atoms with van der Waals surface area (Å²) in [4.78, 5) is 22.8. The Bertz CT molecular complexity index is 1020. The highest BCUT2D eigenvalue weighted by atomic mass is 16.6. The zero-order valence-electron chi connectivity index (χ0n) is 15.7. The predicted octanol–water partition coefficient (Wildman–Crippen LogP) is 4.47. The Morgan fingerprint density at radius 3 is 2.14 bits per heavy atom. The van der Waals surface area contributed by atoms with E-state index in [1.54, 1.807) is 0 Å². The zero-order chi connectivity index (χ0) is 20.8. The molecule has 3 rings (SSSR count). The highest BCUT2D eigenvalue weighted by molar-refractivity contribution is 5.94. The normalized spacial score (nSPS) is 10.4. The molecule has 0 atom stereocenters. The fourth-order valence-electron chi connectivity index (χ4n) is 3.06. The van der Waals surface area contributed by atoms with Crippen LogP contribution >= 0.6 is 0 Å². The van der Waals surface area contributed by atoms with Crippen molar-refractivity contribution in [2.45, 2.75) is 13.0 Å². The van der Waals surface area contributed by atoms with Gasteiger partial charge in [-0.2, -0.15) is 0 Å². The topological polar surface area (TPSA) is 98.9 Å². The Hall–Kier alpha value is -3.87. The molecule has 3 aromatic carbocycles. The molecule has 0 heterocycles. The number of carboxylic acid groups (broad SMARTS) is 1. The van der Waals surface area contributed by atoms with Crippen molar-refractivity contribution in [3.05, 3.63) is 99.1 Å². The van der Waals surface area contributed by atoms with E-state index in [9.17, 15) is 20.0 Å². The minimum atomic E-state index is -1.40. The minimum absolute atomic E-state index is 0.124. The number of nitro groups is 1. The summed E-state index contributed by atoms with van der Waals surface area (Å²) >= 11 is 0. The van der Waals surface area contributed by atoms with Gasteiger partial charge in [0.1, 0.15) is 12.2 Å². The number of hydrogen-bond acceptors (Lipinski definition) is 5. The molecular weight excluding hydrogens is 374 g/mol. The van der Waals surface area contributed by atoms with E-state index in [-0.39, 0.29) is 30.1 Å². The van der Waals surface area contributed by atoms with Crippen LogP contribution in [0.4, 0.5) is 5.69 Å². The van der Waals surface area contributed by atoms with Crippen molar-refractivity contribution in [1.29, 1.82) is 0 Å². The molecule has 1 N–H and O–H groups in total. The van der Waals surface area contributed by atoms with Crippen molar-refractivity contribution >= 4 is 11.7 Å². The maximum Gasteiger partial charge on any atom is 0.342 e. The lowest BCUT2D eigenvalue weighted by Gasteiger charge is -2.17. The second-order valence-corrected chi connectivity index (χ2v) is 6.28. The van der Waals surface area contributed by atoms with Gasteiger partial charge >= 0.3 is 5.97 Å². The summed E-state index contributed by atoms with van der Waals surface area (Å²) in [6, 6.07) is 19.5. The summed E-state index contributed by atoms with van der Waals surface area (Å²) in [5.41, 5.74) is 0.874. The first-order valence-corrected chi connectivity index (χ1v) is 8.83. The third-order valence-electron chi connectivity index (χ3n) is 4.40.